The highest BCUT2D eigenvalue weighted by atomic mass is 32.1. The number of rotatable bonds is 4. The summed E-state index contributed by atoms with van der Waals surface area (Å²) in [4.78, 5) is 14.0. The number of carbonyl (C=O) groups is 1. The van der Waals surface area contributed by atoms with Gasteiger partial charge < -0.3 is 4.74 Å². The molecule has 1 aliphatic rings. The van der Waals surface area contributed by atoms with Crippen molar-refractivity contribution in [1.82, 2.24) is 0 Å². The van der Waals surface area contributed by atoms with Crippen LogP contribution in [0.15, 0.2) is 60.7 Å². The van der Waals surface area contributed by atoms with Crippen LogP contribution in [0.1, 0.15) is 44.6 Å². The molecule has 3 heteroatoms. The van der Waals surface area contributed by atoms with Crippen LogP contribution in [0.2, 0.25) is 0 Å². The molecular weight excluding hydrogens is 340 g/mol. The van der Waals surface area contributed by atoms with E-state index in [1.807, 2.05) is 18.2 Å². The van der Waals surface area contributed by atoms with Crippen molar-refractivity contribution < 1.29 is 9.53 Å². The first-order chi connectivity index (χ1) is 12.7. The molecule has 0 radical (unpaired) electrons. The average Bonchev–Trinajstić information content (AvgIpc) is 3.13. The molecule has 0 fully saturated rings. The van der Waals surface area contributed by atoms with Crippen LogP contribution in [0.5, 0.6) is 5.75 Å². The number of hydrogen-bond acceptors (Lipinski definition) is 3. The Balaban J connectivity index is 1.94. The standard InChI is InChI=1S/C23H20O2S/c1-15(24)21-14-18-10-13-20(16-6-4-3-5-7-16)22(23(18)26-21)17-8-11-19(25-2)12-9-17/h3-9,11-12,14H,10,13H2,1-2H3. The van der Waals surface area contributed by atoms with Crippen molar-refractivity contribution in [2.45, 2.75) is 19.8 Å². The third-order valence-electron chi connectivity index (χ3n) is 4.83. The number of methoxy groups -OCH3 is 1. The van der Waals surface area contributed by atoms with Crippen LogP contribution in [-0.2, 0) is 6.42 Å². The lowest BCUT2D eigenvalue weighted by molar-refractivity contribution is 0.102. The van der Waals surface area contributed by atoms with Crippen molar-refractivity contribution in [3.05, 3.63) is 87.1 Å². The fraction of sp³-hybridized carbons (Fsp3) is 0.174. The molecule has 0 bridgehead atoms. The van der Waals surface area contributed by atoms with Crippen molar-refractivity contribution in [3.63, 3.8) is 0 Å². The number of allylic oxidation sites excluding steroid dienone is 1. The number of Topliss-reactive ketones (excluding diaryl/α,β-unsaturated/α-hetero) is 1. The van der Waals surface area contributed by atoms with Crippen molar-refractivity contribution >= 4 is 28.3 Å². The van der Waals surface area contributed by atoms with Gasteiger partial charge in [-0.2, -0.15) is 0 Å². The molecule has 3 aromatic rings. The molecule has 0 N–H and O–H groups in total. The summed E-state index contributed by atoms with van der Waals surface area (Å²) in [7, 11) is 1.68. The number of ether oxygens (including phenoxy) is 1. The number of hydrogen-bond donors (Lipinski definition) is 0. The largest absolute Gasteiger partial charge is 0.497 e. The predicted octanol–water partition coefficient (Wildman–Crippen LogP) is 5.86. The molecule has 1 heterocycles. The Morgan fingerprint density at radius 1 is 0.962 bits per heavy atom. The third kappa shape index (κ3) is 2.99. The maximum absolute atomic E-state index is 11.9. The van der Waals surface area contributed by atoms with E-state index in [4.69, 9.17) is 4.74 Å². The number of ketones is 1. The molecule has 2 aromatic carbocycles. The highest BCUT2D eigenvalue weighted by Crippen LogP contribution is 2.44. The van der Waals surface area contributed by atoms with Crippen LogP contribution in [0.4, 0.5) is 0 Å². The van der Waals surface area contributed by atoms with Gasteiger partial charge in [0.25, 0.3) is 0 Å². The second-order valence-corrected chi connectivity index (χ2v) is 7.52. The van der Waals surface area contributed by atoms with Gasteiger partial charge in [0.05, 0.1) is 12.0 Å². The number of fused-ring (bicyclic) bond motifs is 1. The zero-order chi connectivity index (χ0) is 18.1. The van der Waals surface area contributed by atoms with Crippen LogP contribution >= 0.6 is 11.3 Å². The number of benzene rings is 2. The number of aryl methyl sites for hydroxylation is 1. The van der Waals surface area contributed by atoms with Gasteiger partial charge >= 0.3 is 0 Å². The minimum absolute atomic E-state index is 0.139. The van der Waals surface area contributed by atoms with E-state index in [0.717, 1.165) is 23.5 Å². The zero-order valence-corrected chi connectivity index (χ0v) is 15.7. The third-order valence-corrected chi connectivity index (χ3v) is 6.13. The predicted molar refractivity (Wildman–Crippen MR) is 108 cm³/mol. The Hall–Kier alpha value is -2.65. The Bertz CT molecular complexity index is 979. The molecule has 0 aliphatic heterocycles. The van der Waals surface area contributed by atoms with Gasteiger partial charge in [0, 0.05) is 10.5 Å². The molecule has 0 saturated carbocycles. The van der Waals surface area contributed by atoms with E-state index in [0.29, 0.717) is 0 Å². The summed E-state index contributed by atoms with van der Waals surface area (Å²) in [6, 6.07) is 20.8. The molecule has 0 amide bonds. The highest BCUT2D eigenvalue weighted by Gasteiger charge is 2.24. The summed E-state index contributed by atoms with van der Waals surface area (Å²) >= 11 is 1.62. The van der Waals surface area contributed by atoms with Gasteiger partial charge in [-0.15, -0.1) is 11.3 Å². The smallest absolute Gasteiger partial charge is 0.169 e. The summed E-state index contributed by atoms with van der Waals surface area (Å²) in [6.45, 7) is 1.65. The van der Waals surface area contributed by atoms with Crippen molar-refractivity contribution in [2.24, 2.45) is 0 Å². The van der Waals surface area contributed by atoms with Gasteiger partial charge in [-0.25, -0.2) is 0 Å². The first-order valence-electron chi connectivity index (χ1n) is 8.74. The van der Waals surface area contributed by atoms with E-state index in [1.165, 1.54) is 32.7 Å². The first-order valence-corrected chi connectivity index (χ1v) is 9.56. The van der Waals surface area contributed by atoms with Gasteiger partial charge in [-0.1, -0.05) is 42.5 Å². The molecule has 1 aliphatic carbocycles. The normalized spacial score (nSPS) is 13.5. The SMILES string of the molecule is COc1ccc(C2=C(c3ccccc3)CCc3cc(C(C)=O)sc32)cc1. The molecule has 0 atom stereocenters. The molecule has 0 unspecified atom stereocenters. The van der Waals surface area contributed by atoms with Gasteiger partial charge in [-0.05, 0) is 60.2 Å². The van der Waals surface area contributed by atoms with Crippen LogP contribution < -0.4 is 4.74 Å². The molecule has 0 spiro atoms. The minimum Gasteiger partial charge on any atom is -0.497 e. The van der Waals surface area contributed by atoms with E-state index >= 15 is 0 Å². The van der Waals surface area contributed by atoms with Crippen molar-refractivity contribution in [3.8, 4) is 5.75 Å². The molecule has 130 valence electrons. The van der Waals surface area contributed by atoms with Gasteiger partial charge in [0.1, 0.15) is 5.75 Å². The molecule has 4 rings (SSSR count). The maximum atomic E-state index is 11.9. The van der Waals surface area contributed by atoms with E-state index < -0.39 is 0 Å². The molecule has 1 aromatic heterocycles. The van der Waals surface area contributed by atoms with E-state index in [9.17, 15) is 4.79 Å². The van der Waals surface area contributed by atoms with Crippen LogP contribution in [0.25, 0.3) is 11.1 Å². The fourth-order valence-electron chi connectivity index (χ4n) is 3.51. The zero-order valence-electron chi connectivity index (χ0n) is 14.9. The lowest BCUT2D eigenvalue weighted by Crippen LogP contribution is -2.03. The number of carbonyl (C=O) groups excluding carboxylic acids is 1. The minimum atomic E-state index is 0.139. The van der Waals surface area contributed by atoms with E-state index in [-0.39, 0.29) is 5.78 Å². The lowest BCUT2D eigenvalue weighted by Gasteiger charge is -2.22. The Morgan fingerprint density at radius 3 is 2.35 bits per heavy atom. The molecule has 26 heavy (non-hydrogen) atoms. The van der Waals surface area contributed by atoms with Crippen molar-refractivity contribution in [1.29, 1.82) is 0 Å². The van der Waals surface area contributed by atoms with Crippen molar-refractivity contribution in [2.75, 3.05) is 7.11 Å². The van der Waals surface area contributed by atoms with Gasteiger partial charge in [0.2, 0.25) is 0 Å². The Labute approximate surface area is 157 Å². The van der Waals surface area contributed by atoms with Gasteiger partial charge in [0.15, 0.2) is 5.78 Å². The second kappa shape index (κ2) is 6.93. The maximum Gasteiger partial charge on any atom is 0.169 e. The van der Waals surface area contributed by atoms with Crippen LogP contribution in [0.3, 0.4) is 0 Å². The van der Waals surface area contributed by atoms with Gasteiger partial charge in [-0.3, -0.25) is 4.79 Å². The Kier molecular flexibility index (Phi) is 4.48. The average molecular weight is 360 g/mol. The quantitative estimate of drug-likeness (QED) is 0.544. The summed E-state index contributed by atoms with van der Waals surface area (Å²) in [6.07, 6.45) is 1.95. The Morgan fingerprint density at radius 2 is 1.69 bits per heavy atom. The summed E-state index contributed by atoms with van der Waals surface area (Å²) in [5.41, 5.74) is 6.30. The van der Waals surface area contributed by atoms with E-state index in [2.05, 4.69) is 42.5 Å². The molecule has 2 nitrogen and oxygen atoms in total. The van der Waals surface area contributed by atoms with Crippen LogP contribution in [0, 0.1) is 0 Å². The lowest BCUT2D eigenvalue weighted by atomic mass is 9.84. The summed E-state index contributed by atoms with van der Waals surface area (Å²) < 4.78 is 5.31. The monoisotopic (exact) mass is 360 g/mol. The molecular formula is C23H20O2S. The second-order valence-electron chi connectivity index (χ2n) is 6.47. The van der Waals surface area contributed by atoms with E-state index in [1.54, 1.807) is 25.4 Å². The summed E-state index contributed by atoms with van der Waals surface area (Å²) in [5, 5.41) is 0. The fourth-order valence-corrected chi connectivity index (χ4v) is 4.71. The topological polar surface area (TPSA) is 26.3 Å². The first kappa shape index (κ1) is 16.8. The highest BCUT2D eigenvalue weighted by molar-refractivity contribution is 7.15. The van der Waals surface area contributed by atoms with Crippen LogP contribution in [-0.4, -0.2) is 12.9 Å². The summed E-state index contributed by atoms with van der Waals surface area (Å²) in [5.74, 6) is 0.988. The number of thiophene rings is 1. The molecule has 0 saturated heterocycles.